The number of alkyl halides is 1. The van der Waals surface area contributed by atoms with Crippen LogP contribution in [0, 0.1) is 5.92 Å². The molecule has 0 rings (SSSR count). The SMILES string of the molecule is C/C=C\C(=C/C(F)CCC)C(C)C. The van der Waals surface area contributed by atoms with Crippen molar-refractivity contribution in [2.75, 3.05) is 0 Å². The molecule has 0 aromatic rings. The standard InChI is InChI=1S/C12H21F/c1-5-7-11(10(3)4)9-12(13)8-6-2/h5,7,9-10,12H,6,8H2,1-4H3/b7-5-,11-9+. The second-order valence-corrected chi connectivity index (χ2v) is 3.63. The third-order valence-corrected chi connectivity index (χ3v) is 1.96. The van der Waals surface area contributed by atoms with E-state index >= 15 is 0 Å². The van der Waals surface area contributed by atoms with Gasteiger partial charge in [0, 0.05) is 0 Å². The lowest BCUT2D eigenvalue weighted by molar-refractivity contribution is 0.373. The lowest BCUT2D eigenvalue weighted by Crippen LogP contribution is -1.99. The highest BCUT2D eigenvalue weighted by molar-refractivity contribution is 5.21. The predicted octanol–water partition coefficient (Wildman–Crippen LogP) is 4.28. The first-order valence-corrected chi connectivity index (χ1v) is 5.10. The fourth-order valence-corrected chi connectivity index (χ4v) is 1.20. The lowest BCUT2D eigenvalue weighted by Gasteiger charge is -2.08. The third kappa shape index (κ3) is 5.62. The molecule has 0 aromatic carbocycles. The van der Waals surface area contributed by atoms with Crippen LogP contribution in [0.5, 0.6) is 0 Å². The van der Waals surface area contributed by atoms with Crippen LogP contribution in [0.1, 0.15) is 40.5 Å². The molecule has 0 saturated carbocycles. The van der Waals surface area contributed by atoms with Gasteiger partial charge in [0.05, 0.1) is 0 Å². The molecular formula is C12H21F. The van der Waals surface area contributed by atoms with Crippen molar-refractivity contribution in [2.24, 2.45) is 5.92 Å². The van der Waals surface area contributed by atoms with Crippen LogP contribution in [0.15, 0.2) is 23.8 Å². The van der Waals surface area contributed by atoms with E-state index in [4.69, 9.17) is 0 Å². The number of halogens is 1. The first-order valence-electron chi connectivity index (χ1n) is 5.10. The first-order chi connectivity index (χ1) is 6.11. The summed E-state index contributed by atoms with van der Waals surface area (Å²) in [5.41, 5.74) is 1.10. The van der Waals surface area contributed by atoms with Crippen LogP contribution in [0.25, 0.3) is 0 Å². The van der Waals surface area contributed by atoms with Crippen molar-refractivity contribution in [3.8, 4) is 0 Å². The lowest BCUT2D eigenvalue weighted by atomic mass is 10.0. The van der Waals surface area contributed by atoms with Gasteiger partial charge in [0.25, 0.3) is 0 Å². The van der Waals surface area contributed by atoms with E-state index < -0.39 is 6.17 Å². The number of rotatable bonds is 5. The van der Waals surface area contributed by atoms with Crippen LogP contribution in [0.4, 0.5) is 4.39 Å². The van der Waals surface area contributed by atoms with Crippen molar-refractivity contribution < 1.29 is 4.39 Å². The monoisotopic (exact) mass is 184 g/mol. The molecule has 1 heteroatoms. The summed E-state index contributed by atoms with van der Waals surface area (Å²) in [7, 11) is 0. The zero-order valence-electron chi connectivity index (χ0n) is 9.18. The van der Waals surface area contributed by atoms with Gasteiger partial charge in [0.1, 0.15) is 6.17 Å². The van der Waals surface area contributed by atoms with E-state index in [-0.39, 0.29) is 0 Å². The van der Waals surface area contributed by atoms with Crippen LogP contribution in [-0.4, -0.2) is 6.17 Å². The zero-order valence-corrected chi connectivity index (χ0v) is 9.18. The van der Waals surface area contributed by atoms with Crippen LogP contribution in [0.3, 0.4) is 0 Å². The zero-order chi connectivity index (χ0) is 10.3. The molecule has 1 atom stereocenters. The quantitative estimate of drug-likeness (QED) is 0.559. The Morgan fingerprint density at radius 2 is 2.00 bits per heavy atom. The number of hydrogen-bond acceptors (Lipinski definition) is 0. The van der Waals surface area contributed by atoms with Gasteiger partial charge in [-0.2, -0.15) is 0 Å². The summed E-state index contributed by atoms with van der Waals surface area (Å²) in [6.07, 6.45) is 6.46. The summed E-state index contributed by atoms with van der Waals surface area (Å²) >= 11 is 0. The van der Waals surface area contributed by atoms with Gasteiger partial charge in [-0.15, -0.1) is 0 Å². The van der Waals surface area contributed by atoms with Crippen molar-refractivity contribution in [2.45, 2.75) is 46.7 Å². The van der Waals surface area contributed by atoms with Crippen molar-refractivity contribution in [1.82, 2.24) is 0 Å². The van der Waals surface area contributed by atoms with Gasteiger partial charge in [0.15, 0.2) is 0 Å². The molecule has 0 N–H and O–H groups in total. The Hall–Kier alpha value is -0.590. The van der Waals surface area contributed by atoms with Crippen molar-refractivity contribution in [3.63, 3.8) is 0 Å². The molecule has 0 nitrogen and oxygen atoms in total. The van der Waals surface area contributed by atoms with E-state index in [1.807, 2.05) is 26.0 Å². The highest BCUT2D eigenvalue weighted by Crippen LogP contribution is 2.15. The van der Waals surface area contributed by atoms with Crippen LogP contribution < -0.4 is 0 Å². The predicted molar refractivity (Wildman–Crippen MR) is 57.5 cm³/mol. The first kappa shape index (κ1) is 12.4. The highest BCUT2D eigenvalue weighted by Gasteiger charge is 2.04. The molecule has 0 aliphatic heterocycles. The van der Waals surface area contributed by atoms with E-state index in [2.05, 4.69) is 13.8 Å². The highest BCUT2D eigenvalue weighted by atomic mass is 19.1. The summed E-state index contributed by atoms with van der Waals surface area (Å²) in [6.45, 7) is 8.14. The maximum atomic E-state index is 13.2. The fourth-order valence-electron chi connectivity index (χ4n) is 1.20. The summed E-state index contributed by atoms with van der Waals surface area (Å²) in [6, 6.07) is 0. The second-order valence-electron chi connectivity index (χ2n) is 3.63. The van der Waals surface area contributed by atoms with E-state index in [1.165, 1.54) is 0 Å². The Balaban J connectivity index is 4.33. The van der Waals surface area contributed by atoms with Gasteiger partial charge in [-0.25, -0.2) is 4.39 Å². The molecule has 0 spiro atoms. The van der Waals surface area contributed by atoms with E-state index in [0.29, 0.717) is 12.3 Å². The Labute approximate surface area is 81.5 Å². The Morgan fingerprint density at radius 3 is 2.38 bits per heavy atom. The molecule has 0 fully saturated rings. The Bertz CT molecular complexity index is 178. The molecular weight excluding hydrogens is 163 g/mol. The third-order valence-electron chi connectivity index (χ3n) is 1.96. The Kier molecular flexibility index (Phi) is 6.56. The summed E-state index contributed by atoms with van der Waals surface area (Å²) < 4.78 is 13.2. The van der Waals surface area contributed by atoms with Gasteiger partial charge >= 0.3 is 0 Å². The van der Waals surface area contributed by atoms with E-state index in [9.17, 15) is 4.39 Å². The smallest absolute Gasteiger partial charge is 0.119 e. The van der Waals surface area contributed by atoms with Crippen molar-refractivity contribution >= 4 is 0 Å². The van der Waals surface area contributed by atoms with Gasteiger partial charge < -0.3 is 0 Å². The minimum Gasteiger partial charge on any atom is -0.243 e. The van der Waals surface area contributed by atoms with E-state index in [0.717, 1.165) is 12.0 Å². The minimum atomic E-state index is -0.779. The summed E-state index contributed by atoms with van der Waals surface area (Å²) in [5, 5.41) is 0. The second kappa shape index (κ2) is 6.88. The molecule has 0 amide bonds. The molecule has 13 heavy (non-hydrogen) atoms. The Morgan fingerprint density at radius 1 is 1.38 bits per heavy atom. The molecule has 0 aromatic heterocycles. The van der Waals surface area contributed by atoms with Crippen LogP contribution in [0.2, 0.25) is 0 Å². The maximum absolute atomic E-state index is 13.2. The molecule has 1 unspecified atom stereocenters. The van der Waals surface area contributed by atoms with Crippen molar-refractivity contribution in [1.29, 1.82) is 0 Å². The molecule has 0 heterocycles. The maximum Gasteiger partial charge on any atom is 0.119 e. The molecule has 76 valence electrons. The molecule has 0 saturated heterocycles. The van der Waals surface area contributed by atoms with Crippen LogP contribution in [-0.2, 0) is 0 Å². The molecule has 0 radical (unpaired) electrons. The fraction of sp³-hybridized carbons (Fsp3) is 0.667. The summed E-state index contributed by atoms with van der Waals surface area (Å²) in [4.78, 5) is 0. The van der Waals surface area contributed by atoms with E-state index in [1.54, 1.807) is 6.08 Å². The average molecular weight is 184 g/mol. The van der Waals surface area contributed by atoms with Gasteiger partial charge in [-0.05, 0) is 30.9 Å². The summed E-state index contributed by atoms with van der Waals surface area (Å²) in [5.74, 6) is 0.409. The number of hydrogen-bond donors (Lipinski definition) is 0. The van der Waals surface area contributed by atoms with Crippen LogP contribution >= 0.6 is 0 Å². The van der Waals surface area contributed by atoms with Gasteiger partial charge in [-0.3, -0.25) is 0 Å². The molecule has 0 aliphatic rings. The molecule has 0 bridgehead atoms. The van der Waals surface area contributed by atoms with Gasteiger partial charge in [0.2, 0.25) is 0 Å². The largest absolute Gasteiger partial charge is 0.243 e. The topological polar surface area (TPSA) is 0 Å². The number of allylic oxidation sites excluding steroid dienone is 4. The van der Waals surface area contributed by atoms with Crippen molar-refractivity contribution in [3.05, 3.63) is 23.8 Å². The van der Waals surface area contributed by atoms with Gasteiger partial charge in [-0.1, -0.05) is 39.3 Å². The molecule has 0 aliphatic carbocycles. The minimum absolute atomic E-state index is 0.409. The average Bonchev–Trinajstić information content (AvgIpc) is 2.04. The normalized spacial score (nSPS) is 15.7.